The molecular formula is C12H14F2N2O. The summed E-state index contributed by atoms with van der Waals surface area (Å²) in [7, 11) is 1.27. The summed E-state index contributed by atoms with van der Waals surface area (Å²) in [6.07, 6.45) is 0. The lowest BCUT2D eigenvalue weighted by molar-refractivity contribution is 0.380. The van der Waals surface area contributed by atoms with Gasteiger partial charge in [0.25, 0.3) is 0 Å². The first-order valence-corrected chi connectivity index (χ1v) is 5.08. The molecule has 1 aromatic carbocycles. The van der Waals surface area contributed by atoms with Crippen LogP contribution in [-0.2, 0) is 6.54 Å². The van der Waals surface area contributed by atoms with Crippen LogP contribution in [0.1, 0.15) is 19.4 Å². The molecule has 0 aromatic heterocycles. The zero-order valence-electron chi connectivity index (χ0n) is 9.97. The summed E-state index contributed by atoms with van der Waals surface area (Å²) in [6.45, 7) is 3.39. The summed E-state index contributed by atoms with van der Waals surface area (Å²) >= 11 is 0. The molecule has 5 heteroatoms. The average molecular weight is 240 g/mol. The standard InChI is InChI=1S/C12H14F2N2O/c1-12(2,7-15)16-6-8-4-10(14)11(17-3)5-9(8)13/h4-5,16H,6H2,1-3H3. The van der Waals surface area contributed by atoms with Crippen molar-refractivity contribution in [1.82, 2.24) is 5.32 Å². The fourth-order valence-corrected chi connectivity index (χ4v) is 1.22. The molecule has 92 valence electrons. The van der Waals surface area contributed by atoms with Gasteiger partial charge in [-0.2, -0.15) is 5.26 Å². The largest absolute Gasteiger partial charge is 0.494 e. The van der Waals surface area contributed by atoms with E-state index in [9.17, 15) is 8.78 Å². The third kappa shape index (κ3) is 3.40. The summed E-state index contributed by atoms with van der Waals surface area (Å²) in [5.74, 6) is -1.32. The van der Waals surface area contributed by atoms with Crippen molar-refractivity contribution >= 4 is 0 Å². The van der Waals surface area contributed by atoms with Gasteiger partial charge in [0.15, 0.2) is 11.6 Å². The molecule has 0 bridgehead atoms. The molecule has 0 heterocycles. The zero-order valence-corrected chi connectivity index (χ0v) is 9.97. The van der Waals surface area contributed by atoms with Crippen LogP contribution in [0.5, 0.6) is 5.75 Å². The molecule has 0 saturated heterocycles. The predicted molar refractivity (Wildman–Crippen MR) is 59.4 cm³/mol. The van der Waals surface area contributed by atoms with E-state index in [0.717, 1.165) is 12.1 Å². The molecule has 0 aliphatic heterocycles. The van der Waals surface area contributed by atoms with E-state index in [4.69, 9.17) is 5.26 Å². The zero-order chi connectivity index (χ0) is 13.1. The molecule has 17 heavy (non-hydrogen) atoms. The number of methoxy groups -OCH3 is 1. The van der Waals surface area contributed by atoms with Crippen LogP contribution in [0, 0.1) is 23.0 Å². The van der Waals surface area contributed by atoms with E-state index in [-0.39, 0.29) is 17.9 Å². The Bertz CT molecular complexity index is 453. The van der Waals surface area contributed by atoms with Gasteiger partial charge in [-0.25, -0.2) is 8.78 Å². The van der Waals surface area contributed by atoms with Crippen molar-refractivity contribution in [3.05, 3.63) is 29.3 Å². The summed E-state index contributed by atoms with van der Waals surface area (Å²) in [5.41, 5.74) is -0.630. The first-order valence-electron chi connectivity index (χ1n) is 5.08. The third-order valence-electron chi connectivity index (χ3n) is 2.32. The molecule has 3 nitrogen and oxygen atoms in total. The number of nitrogens with one attached hydrogen (secondary N) is 1. The number of ether oxygens (including phenoxy) is 1. The Hall–Kier alpha value is -1.67. The molecule has 0 aliphatic carbocycles. The molecule has 1 rings (SSSR count). The molecule has 0 unspecified atom stereocenters. The van der Waals surface area contributed by atoms with E-state index in [1.807, 2.05) is 6.07 Å². The van der Waals surface area contributed by atoms with E-state index >= 15 is 0 Å². The van der Waals surface area contributed by atoms with Crippen molar-refractivity contribution in [2.75, 3.05) is 7.11 Å². The van der Waals surface area contributed by atoms with E-state index < -0.39 is 17.2 Å². The molecule has 1 N–H and O–H groups in total. The first-order chi connectivity index (χ1) is 7.89. The summed E-state index contributed by atoms with van der Waals surface area (Å²) in [6, 6.07) is 4.07. The lowest BCUT2D eigenvalue weighted by atomic mass is 10.1. The molecule has 0 saturated carbocycles. The highest BCUT2D eigenvalue weighted by atomic mass is 19.1. The fourth-order valence-electron chi connectivity index (χ4n) is 1.22. The van der Waals surface area contributed by atoms with Crippen molar-refractivity contribution in [2.45, 2.75) is 25.9 Å². The molecular weight excluding hydrogens is 226 g/mol. The van der Waals surface area contributed by atoms with Crippen LogP contribution in [0.15, 0.2) is 12.1 Å². The predicted octanol–water partition coefficient (Wildman–Crippen LogP) is 2.37. The number of benzene rings is 1. The summed E-state index contributed by atoms with van der Waals surface area (Å²) in [4.78, 5) is 0. The molecule has 0 atom stereocenters. The van der Waals surface area contributed by atoms with Crippen LogP contribution in [0.4, 0.5) is 8.78 Å². The maximum atomic E-state index is 13.5. The molecule has 0 amide bonds. The van der Waals surface area contributed by atoms with Gasteiger partial charge in [-0.05, 0) is 19.9 Å². The van der Waals surface area contributed by atoms with Crippen LogP contribution >= 0.6 is 0 Å². The maximum Gasteiger partial charge on any atom is 0.165 e. The molecule has 0 aliphatic rings. The number of hydrogen-bond acceptors (Lipinski definition) is 3. The van der Waals surface area contributed by atoms with Crippen LogP contribution < -0.4 is 10.1 Å². The second-order valence-electron chi connectivity index (χ2n) is 4.17. The average Bonchev–Trinajstić information content (AvgIpc) is 2.29. The van der Waals surface area contributed by atoms with Gasteiger partial charge in [-0.1, -0.05) is 0 Å². The number of hydrogen-bond donors (Lipinski definition) is 1. The van der Waals surface area contributed by atoms with Crippen molar-refractivity contribution in [2.24, 2.45) is 0 Å². The van der Waals surface area contributed by atoms with Gasteiger partial charge in [0.2, 0.25) is 0 Å². The minimum Gasteiger partial charge on any atom is -0.494 e. The smallest absolute Gasteiger partial charge is 0.165 e. The van der Waals surface area contributed by atoms with Gasteiger partial charge < -0.3 is 4.74 Å². The second kappa shape index (κ2) is 5.11. The van der Waals surface area contributed by atoms with Gasteiger partial charge in [0.1, 0.15) is 11.4 Å². The topological polar surface area (TPSA) is 45.0 Å². The Labute approximate surface area is 99.0 Å². The minimum atomic E-state index is -0.789. The normalized spacial score (nSPS) is 11.1. The molecule has 0 spiro atoms. The Morgan fingerprint density at radius 2 is 2.00 bits per heavy atom. The van der Waals surface area contributed by atoms with Crippen molar-refractivity contribution in [3.8, 4) is 11.8 Å². The number of rotatable bonds is 4. The van der Waals surface area contributed by atoms with E-state index in [0.29, 0.717) is 0 Å². The van der Waals surface area contributed by atoms with Crippen molar-refractivity contribution < 1.29 is 13.5 Å². The van der Waals surface area contributed by atoms with Crippen molar-refractivity contribution in [1.29, 1.82) is 5.26 Å². The van der Waals surface area contributed by atoms with E-state index in [2.05, 4.69) is 10.1 Å². The Morgan fingerprint density at radius 1 is 1.35 bits per heavy atom. The Balaban J connectivity index is 2.87. The highest BCUT2D eigenvalue weighted by molar-refractivity contribution is 5.31. The van der Waals surface area contributed by atoms with Crippen molar-refractivity contribution in [3.63, 3.8) is 0 Å². The van der Waals surface area contributed by atoms with Crippen LogP contribution in [0.3, 0.4) is 0 Å². The van der Waals surface area contributed by atoms with Gasteiger partial charge in [-0.15, -0.1) is 0 Å². The number of nitriles is 1. The third-order valence-corrected chi connectivity index (χ3v) is 2.32. The highest BCUT2D eigenvalue weighted by Gasteiger charge is 2.17. The lowest BCUT2D eigenvalue weighted by Gasteiger charge is -2.18. The minimum absolute atomic E-state index is 0.0767. The van der Waals surface area contributed by atoms with Gasteiger partial charge >= 0.3 is 0 Å². The van der Waals surface area contributed by atoms with Gasteiger partial charge in [0, 0.05) is 18.2 Å². The highest BCUT2D eigenvalue weighted by Crippen LogP contribution is 2.21. The van der Waals surface area contributed by atoms with Gasteiger partial charge in [0.05, 0.1) is 13.2 Å². The number of nitrogens with zero attached hydrogens (tertiary/aromatic N) is 1. The first kappa shape index (κ1) is 13.4. The fraction of sp³-hybridized carbons (Fsp3) is 0.417. The van der Waals surface area contributed by atoms with E-state index in [1.54, 1.807) is 13.8 Å². The van der Waals surface area contributed by atoms with Crippen LogP contribution in [0.25, 0.3) is 0 Å². The summed E-state index contributed by atoms with van der Waals surface area (Å²) in [5, 5.41) is 11.6. The monoisotopic (exact) mass is 240 g/mol. The lowest BCUT2D eigenvalue weighted by Crippen LogP contribution is -2.37. The Kier molecular flexibility index (Phi) is 4.02. The molecule has 0 fully saturated rings. The van der Waals surface area contributed by atoms with Crippen LogP contribution in [-0.4, -0.2) is 12.6 Å². The van der Waals surface area contributed by atoms with Crippen LogP contribution in [0.2, 0.25) is 0 Å². The number of halogens is 2. The SMILES string of the molecule is COc1cc(F)c(CNC(C)(C)C#N)cc1F. The Morgan fingerprint density at radius 3 is 2.53 bits per heavy atom. The second-order valence-corrected chi connectivity index (χ2v) is 4.17. The molecule has 0 radical (unpaired) electrons. The van der Waals surface area contributed by atoms with E-state index in [1.165, 1.54) is 7.11 Å². The van der Waals surface area contributed by atoms with Gasteiger partial charge in [-0.3, -0.25) is 5.32 Å². The molecule has 1 aromatic rings. The quantitative estimate of drug-likeness (QED) is 0.878. The maximum absolute atomic E-state index is 13.5. The summed E-state index contributed by atoms with van der Waals surface area (Å²) < 4.78 is 31.5.